The zero-order chi connectivity index (χ0) is 18.1. The summed E-state index contributed by atoms with van der Waals surface area (Å²) in [5, 5.41) is 12.4. The van der Waals surface area contributed by atoms with Crippen molar-refractivity contribution in [3.05, 3.63) is 11.8 Å². The molecule has 3 atom stereocenters. The van der Waals surface area contributed by atoms with Crippen LogP contribution >= 0.6 is 0 Å². The predicted octanol–water partition coefficient (Wildman–Crippen LogP) is 0.0480. The first-order chi connectivity index (χ1) is 12.3. The van der Waals surface area contributed by atoms with Crippen LogP contribution in [0.25, 0.3) is 0 Å². The van der Waals surface area contributed by atoms with Gasteiger partial charge in [-0.25, -0.2) is 0 Å². The Bertz CT molecular complexity index is 852. The first kappa shape index (κ1) is 19.4. The fourth-order valence-corrected chi connectivity index (χ4v) is 5.07. The van der Waals surface area contributed by atoms with Crippen LogP contribution in [0, 0.1) is 17.3 Å². The Morgan fingerprint density at radius 2 is 2.04 bits per heavy atom. The van der Waals surface area contributed by atoms with Crippen LogP contribution in [-0.4, -0.2) is 53.3 Å². The number of nitrogens with one attached hydrogen (secondary N) is 1. The summed E-state index contributed by atoms with van der Waals surface area (Å²) < 4.78 is 41.8. The van der Waals surface area contributed by atoms with E-state index < -0.39 is 22.2 Å². The predicted molar refractivity (Wildman–Crippen MR) is 84.8 cm³/mol. The van der Waals surface area contributed by atoms with E-state index in [2.05, 4.69) is 19.8 Å². The molecule has 1 amide bonds. The molecule has 3 heterocycles. The van der Waals surface area contributed by atoms with Crippen molar-refractivity contribution in [2.24, 2.45) is 17.3 Å². The summed E-state index contributed by atoms with van der Waals surface area (Å²) in [6, 6.07) is -0.332. The summed E-state index contributed by atoms with van der Waals surface area (Å²) in [5.41, 5.74) is -0.190. The topological polar surface area (TPSA) is 135 Å². The number of nitrogens with zero attached hydrogens (tertiary/aromatic N) is 3. The molecule has 0 radical (unpaired) electrons. The number of hydrogen-bond donors (Lipinski definition) is 2. The summed E-state index contributed by atoms with van der Waals surface area (Å²) in [6.07, 6.45) is 3.65. The van der Waals surface area contributed by atoms with Gasteiger partial charge in [0.15, 0.2) is 0 Å². The van der Waals surface area contributed by atoms with Crippen LogP contribution in [0.2, 0.25) is 0 Å². The fourth-order valence-electron chi connectivity index (χ4n) is 4.69. The summed E-state index contributed by atoms with van der Waals surface area (Å²) in [6.45, 7) is 1.88. The van der Waals surface area contributed by atoms with Crippen molar-refractivity contribution in [1.29, 1.82) is 0 Å². The summed E-state index contributed by atoms with van der Waals surface area (Å²) >= 11 is 0. The molecule has 1 aromatic rings. The number of carbonyl (C=O) groups is 1. The van der Waals surface area contributed by atoms with Crippen LogP contribution in [0.5, 0.6) is 0 Å². The molecule has 12 heteroatoms. The van der Waals surface area contributed by atoms with Gasteiger partial charge in [-0.05, 0) is 50.1 Å². The van der Waals surface area contributed by atoms with Crippen molar-refractivity contribution in [1.82, 2.24) is 20.6 Å². The molecule has 1 aromatic heterocycles. The Kier molecular flexibility index (Phi) is 4.74. The third-order valence-corrected chi connectivity index (χ3v) is 6.66. The zero-order valence-corrected chi connectivity index (χ0v) is 18.2. The molecule has 1 spiro atoms. The molecule has 2 N–H and O–H groups in total. The minimum absolute atomic E-state index is 0. The van der Waals surface area contributed by atoms with E-state index >= 15 is 0 Å². The average molecular weight is 568 g/mol. The van der Waals surface area contributed by atoms with Crippen LogP contribution in [0.15, 0.2) is 4.42 Å². The summed E-state index contributed by atoms with van der Waals surface area (Å²) in [4.78, 5) is 12.7. The van der Waals surface area contributed by atoms with Crippen molar-refractivity contribution in [3.63, 3.8) is 0 Å². The number of carbonyl (C=O) groups excluding carboxylic acids is 1. The Morgan fingerprint density at radius 3 is 2.63 bits per heavy atom. The maximum Gasteiger partial charge on any atom is 0.418 e. The van der Waals surface area contributed by atoms with Gasteiger partial charge in [-0.3, -0.25) is 9.35 Å². The SMILES string of the molecule is O=C1C2C[C@H](N1OS(=O)(=O)O)C1(CC1)C[C@H]2c1nnc(CC2CNC2)o1.[W]. The second-order valence-corrected chi connectivity index (χ2v) is 8.96. The Balaban J connectivity index is 0.00000180. The van der Waals surface area contributed by atoms with E-state index in [1.54, 1.807) is 0 Å². The van der Waals surface area contributed by atoms with E-state index in [1.165, 1.54) is 0 Å². The quantitative estimate of drug-likeness (QED) is 0.473. The van der Waals surface area contributed by atoms with E-state index in [4.69, 9.17) is 8.97 Å². The van der Waals surface area contributed by atoms with Gasteiger partial charge in [0, 0.05) is 33.4 Å². The van der Waals surface area contributed by atoms with Gasteiger partial charge in [0.2, 0.25) is 11.8 Å². The molecule has 2 saturated carbocycles. The van der Waals surface area contributed by atoms with Crippen molar-refractivity contribution >= 4 is 16.3 Å². The number of amides is 1. The monoisotopic (exact) mass is 568 g/mol. The number of hydroxylamine groups is 2. The van der Waals surface area contributed by atoms with Crippen molar-refractivity contribution in [3.8, 4) is 0 Å². The Labute approximate surface area is 170 Å². The molecular formula is C15H20N4O6SW. The van der Waals surface area contributed by atoms with Gasteiger partial charge >= 0.3 is 10.4 Å². The third kappa shape index (κ3) is 3.37. The number of hydrogen-bond acceptors (Lipinski definition) is 8. The maximum absolute atomic E-state index is 12.7. The molecule has 0 aromatic carbocycles. The van der Waals surface area contributed by atoms with Crippen LogP contribution in [0.3, 0.4) is 0 Å². The summed E-state index contributed by atoms with van der Waals surface area (Å²) in [5.74, 6) is 0.382. The number of rotatable bonds is 5. The van der Waals surface area contributed by atoms with Gasteiger partial charge in [0.05, 0.1) is 12.0 Å². The smallest absolute Gasteiger partial charge is 0.418 e. The fraction of sp³-hybridized carbons (Fsp3) is 0.800. The molecule has 2 aliphatic heterocycles. The van der Waals surface area contributed by atoms with Crippen LogP contribution < -0.4 is 5.32 Å². The second kappa shape index (κ2) is 6.59. The minimum Gasteiger partial charge on any atom is -0.425 e. The zero-order valence-electron chi connectivity index (χ0n) is 14.4. The Hall–Kier alpha value is -0.872. The number of aromatic nitrogens is 2. The first-order valence-electron chi connectivity index (χ1n) is 8.88. The van der Waals surface area contributed by atoms with Crippen molar-refractivity contribution < 1.29 is 47.5 Å². The second-order valence-electron chi connectivity index (χ2n) is 7.96. The molecule has 2 bridgehead atoms. The molecule has 1 unspecified atom stereocenters. The van der Waals surface area contributed by atoms with Crippen LogP contribution in [-0.2, 0) is 47.0 Å². The van der Waals surface area contributed by atoms with Gasteiger partial charge in [0.1, 0.15) is 0 Å². The van der Waals surface area contributed by atoms with Gasteiger partial charge in [-0.15, -0.1) is 14.5 Å². The number of fused-ring (bicyclic) bond motifs is 3. The minimum atomic E-state index is -4.74. The molecule has 27 heavy (non-hydrogen) atoms. The van der Waals surface area contributed by atoms with Crippen molar-refractivity contribution in [2.75, 3.05) is 13.1 Å². The van der Waals surface area contributed by atoms with Gasteiger partial charge in [-0.1, -0.05) is 0 Å². The largest absolute Gasteiger partial charge is 0.425 e. The standard InChI is InChI=1S/C15H20N4O6S.W/c20-14-9-4-11(19(14)25-26(21,22)23)15(1-2-15)5-10(9)13-18-17-12(24-13)3-8-6-16-7-8;/h8-11,16H,1-7H2,(H,21,22,23);/t9?,10-,11+;/m1./s1. The van der Waals surface area contributed by atoms with Gasteiger partial charge < -0.3 is 9.73 Å². The van der Waals surface area contributed by atoms with Gasteiger partial charge in [-0.2, -0.15) is 13.5 Å². The first-order valence-corrected chi connectivity index (χ1v) is 10.2. The molecule has 148 valence electrons. The van der Waals surface area contributed by atoms with E-state index in [0.29, 0.717) is 30.5 Å². The summed E-state index contributed by atoms with van der Waals surface area (Å²) in [7, 11) is -4.74. The molecule has 4 fully saturated rings. The van der Waals surface area contributed by atoms with Gasteiger partial charge in [0.25, 0.3) is 5.91 Å². The van der Waals surface area contributed by atoms with E-state index in [0.717, 1.165) is 37.4 Å². The molecule has 10 nitrogen and oxygen atoms in total. The maximum atomic E-state index is 12.7. The van der Waals surface area contributed by atoms with E-state index in [9.17, 15) is 13.2 Å². The van der Waals surface area contributed by atoms with Crippen LogP contribution in [0.1, 0.15) is 43.4 Å². The average Bonchev–Trinajstić information content (AvgIpc) is 3.03. The van der Waals surface area contributed by atoms with Crippen molar-refractivity contribution in [2.45, 2.75) is 44.1 Å². The molecular weight excluding hydrogens is 548 g/mol. The Morgan fingerprint density at radius 1 is 1.30 bits per heavy atom. The molecule has 5 rings (SSSR count). The van der Waals surface area contributed by atoms with E-state index in [-0.39, 0.29) is 38.4 Å². The third-order valence-electron chi connectivity index (χ3n) is 6.31. The van der Waals surface area contributed by atoms with Crippen LogP contribution in [0.4, 0.5) is 0 Å². The molecule has 4 aliphatic rings. The normalized spacial score (nSPS) is 31.7. The van der Waals surface area contributed by atoms with E-state index in [1.807, 2.05) is 0 Å². The molecule has 2 aliphatic carbocycles. The molecule has 2 saturated heterocycles.